The van der Waals surface area contributed by atoms with E-state index in [0.717, 1.165) is 49.6 Å². The Labute approximate surface area is 138 Å². The Kier molecular flexibility index (Phi) is 6.98. The molecule has 118 valence electrons. The molecule has 1 aliphatic heterocycles. The molecule has 0 radical (unpaired) electrons. The van der Waals surface area contributed by atoms with Gasteiger partial charge in [0.05, 0.1) is 0 Å². The molecule has 0 spiro atoms. The molecule has 1 amide bonds. The maximum Gasteiger partial charge on any atom is 0.228 e. The zero-order chi connectivity index (χ0) is 14.6. The first kappa shape index (κ1) is 18.3. The van der Waals surface area contributed by atoms with Crippen LogP contribution in [-0.2, 0) is 11.2 Å². The van der Waals surface area contributed by atoms with Crippen molar-refractivity contribution in [1.29, 1.82) is 0 Å². The number of hydrogen-bond acceptors (Lipinski definition) is 2. The Morgan fingerprint density at radius 2 is 2.10 bits per heavy atom. The fourth-order valence-corrected chi connectivity index (χ4v) is 2.92. The predicted octanol–water partition coefficient (Wildman–Crippen LogP) is 3.15. The highest BCUT2D eigenvalue weighted by Gasteiger charge is 2.32. The Balaban J connectivity index is 0.00000220. The van der Waals surface area contributed by atoms with Crippen LogP contribution in [-0.4, -0.2) is 37.0 Å². The van der Waals surface area contributed by atoms with Crippen molar-refractivity contribution in [2.75, 3.05) is 26.2 Å². The lowest BCUT2D eigenvalue weighted by Gasteiger charge is -2.31. The molecule has 5 heteroatoms. The number of carbonyl (C=O) groups excluding carboxylic acids is 1. The lowest BCUT2D eigenvalue weighted by molar-refractivity contribution is -0.140. The molecule has 1 N–H and O–H groups in total. The molecule has 1 aliphatic rings. The van der Waals surface area contributed by atoms with Gasteiger partial charge in [-0.2, -0.15) is 0 Å². The van der Waals surface area contributed by atoms with Crippen LogP contribution in [0.15, 0.2) is 24.3 Å². The molecule has 1 fully saturated rings. The van der Waals surface area contributed by atoms with Crippen LogP contribution in [0, 0.1) is 5.41 Å². The molecule has 1 saturated heterocycles. The van der Waals surface area contributed by atoms with Crippen molar-refractivity contribution in [3.8, 4) is 0 Å². The molecule has 2 rings (SSSR count). The summed E-state index contributed by atoms with van der Waals surface area (Å²) in [6, 6.07) is 7.78. The van der Waals surface area contributed by atoms with E-state index in [4.69, 9.17) is 11.6 Å². The average Bonchev–Trinajstić information content (AvgIpc) is 2.66. The fourth-order valence-electron chi connectivity index (χ4n) is 2.71. The van der Waals surface area contributed by atoms with Crippen LogP contribution in [0.2, 0.25) is 5.02 Å². The number of carbonyl (C=O) groups is 1. The van der Waals surface area contributed by atoms with E-state index in [2.05, 4.69) is 5.32 Å². The van der Waals surface area contributed by atoms with Crippen molar-refractivity contribution in [3.63, 3.8) is 0 Å². The van der Waals surface area contributed by atoms with Crippen molar-refractivity contribution < 1.29 is 4.79 Å². The molecule has 0 atom stereocenters. The third-order valence-corrected chi connectivity index (χ3v) is 3.98. The maximum absolute atomic E-state index is 12.7. The molecule has 1 aromatic carbocycles. The van der Waals surface area contributed by atoms with Gasteiger partial charge in [-0.05, 0) is 37.1 Å². The monoisotopic (exact) mass is 330 g/mol. The Hall–Kier alpha value is -0.770. The zero-order valence-electron chi connectivity index (χ0n) is 12.7. The number of halogens is 2. The largest absolute Gasteiger partial charge is 0.341 e. The fraction of sp³-hybridized carbons (Fsp3) is 0.562. The Bertz CT molecular complexity index is 469. The standard InChI is InChI=1S/C16H23ClN2O.ClH/c1-16(2,12-13-5-3-6-14(17)11-13)15(20)19-9-4-7-18-8-10-19;/h3,5-6,11,18H,4,7-10,12H2,1-2H3;1H. The minimum absolute atomic E-state index is 0. The summed E-state index contributed by atoms with van der Waals surface area (Å²) in [5, 5.41) is 4.06. The van der Waals surface area contributed by atoms with Crippen LogP contribution >= 0.6 is 24.0 Å². The molecule has 0 bridgehead atoms. The Morgan fingerprint density at radius 1 is 1.33 bits per heavy atom. The lowest BCUT2D eigenvalue weighted by Crippen LogP contribution is -2.43. The number of hydrogen-bond donors (Lipinski definition) is 1. The maximum atomic E-state index is 12.7. The summed E-state index contributed by atoms with van der Waals surface area (Å²) in [4.78, 5) is 14.7. The summed E-state index contributed by atoms with van der Waals surface area (Å²) in [7, 11) is 0. The smallest absolute Gasteiger partial charge is 0.228 e. The van der Waals surface area contributed by atoms with E-state index in [1.54, 1.807) is 0 Å². The van der Waals surface area contributed by atoms with Crippen LogP contribution < -0.4 is 5.32 Å². The number of amides is 1. The van der Waals surface area contributed by atoms with Crippen LogP contribution in [0.5, 0.6) is 0 Å². The van der Waals surface area contributed by atoms with E-state index in [-0.39, 0.29) is 18.3 Å². The molecule has 21 heavy (non-hydrogen) atoms. The molecule has 0 aromatic heterocycles. The van der Waals surface area contributed by atoms with E-state index in [1.165, 1.54) is 0 Å². The van der Waals surface area contributed by atoms with Gasteiger partial charge in [0.25, 0.3) is 0 Å². The second kappa shape index (κ2) is 8.02. The summed E-state index contributed by atoms with van der Waals surface area (Å²) in [6.07, 6.45) is 1.75. The molecular weight excluding hydrogens is 307 g/mol. The van der Waals surface area contributed by atoms with Crippen molar-refractivity contribution in [1.82, 2.24) is 10.2 Å². The van der Waals surface area contributed by atoms with Crippen LogP contribution in [0.1, 0.15) is 25.8 Å². The zero-order valence-corrected chi connectivity index (χ0v) is 14.3. The number of nitrogens with one attached hydrogen (secondary N) is 1. The van der Waals surface area contributed by atoms with Gasteiger partial charge in [0.2, 0.25) is 5.91 Å². The van der Waals surface area contributed by atoms with Gasteiger partial charge >= 0.3 is 0 Å². The molecular formula is C16H24Cl2N2O. The first-order valence-electron chi connectivity index (χ1n) is 7.23. The van der Waals surface area contributed by atoms with Gasteiger partial charge in [0, 0.05) is 30.1 Å². The van der Waals surface area contributed by atoms with E-state index in [0.29, 0.717) is 0 Å². The van der Waals surface area contributed by atoms with Gasteiger partial charge in [-0.1, -0.05) is 37.6 Å². The minimum atomic E-state index is -0.394. The van der Waals surface area contributed by atoms with E-state index >= 15 is 0 Å². The molecule has 1 aromatic rings. The van der Waals surface area contributed by atoms with Crippen molar-refractivity contribution in [2.24, 2.45) is 5.41 Å². The van der Waals surface area contributed by atoms with Gasteiger partial charge in [0.15, 0.2) is 0 Å². The van der Waals surface area contributed by atoms with Crippen LogP contribution in [0.25, 0.3) is 0 Å². The number of nitrogens with zero attached hydrogens (tertiary/aromatic N) is 1. The summed E-state index contributed by atoms with van der Waals surface area (Å²) >= 11 is 6.02. The highest BCUT2D eigenvalue weighted by molar-refractivity contribution is 6.30. The molecule has 0 aliphatic carbocycles. The predicted molar refractivity (Wildman–Crippen MR) is 90.3 cm³/mol. The minimum Gasteiger partial charge on any atom is -0.341 e. The number of benzene rings is 1. The number of rotatable bonds is 3. The molecule has 0 unspecified atom stereocenters. The van der Waals surface area contributed by atoms with Crippen molar-refractivity contribution in [2.45, 2.75) is 26.7 Å². The highest BCUT2D eigenvalue weighted by atomic mass is 35.5. The molecule has 0 saturated carbocycles. The van der Waals surface area contributed by atoms with Gasteiger partial charge in [0.1, 0.15) is 0 Å². The summed E-state index contributed by atoms with van der Waals surface area (Å²) < 4.78 is 0. The van der Waals surface area contributed by atoms with Crippen molar-refractivity contribution in [3.05, 3.63) is 34.9 Å². The topological polar surface area (TPSA) is 32.3 Å². The van der Waals surface area contributed by atoms with Gasteiger partial charge in [-0.15, -0.1) is 12.4 Å². The highest BCUT2D eigenvalue weighted by Crippen LogP contribution is 2.26. The van der Waals surface area contributed by atoms with Gasteiger partial charge < -0.3 is 10.2 Å². The first-order valence-corrected chi connectivity index (χ1v) is 7.61. The van der Waals surface area contributed by atoms with Crippen molar-refractivity contribution >= 4 is 29.9 Å². The van der Waals surface area contributed by atoms with Crippen LogP contribution in [0.3, 0.4) is 0 Å². The molecule has 1 heterocycles. The lowest BCUT2D eigenvalue weighted by atomic mass is 9.84. The third kappa shape index (κ3) is 5.17. The van der Waals surface area contributed by atoms with E-state index in [9.17, 15) is 4.79 Å². The Morgan fingerprint density at radius 3 is 2.81 bits per heavy atom. The van der Waals surface area contributed by atoms with E-state index in [1.807, 2.05) is 43.0 Å². The van der Waals surface area contributed by atoms with Gasteiger partial charge in [-0.3, -0.25) is 4.79 Å². The normalized spacial score (nSPS) is 16.0. The second-order valence-corrected chi connectivity index (χ2v) is 6.52. The second-order valence-electron chi connectivity index (χ2n) is 6.09. The SMILES string of the molecule is CC(C)(Cc1cccc(Cl)c1)C(=O)N1CCCNCC1.Cl. The third-order valence-electron chi connectivity index (χ3n) is 3.74. The summed E-state index contributed by atoms with van der Waals surface area (Å²) in [5.41, 5.74) is 0.721. The quantitative estimate of drug-likeness (QED) is 0.923. The van der Waals surface area contributed by atoms with E-state index < -0.39 is 5.41 Å². The molecule has 3 nitrogen and oxygen atoms in total. The summed E-state index contributed by atoms with van der Waals surface area (Å²) in [6.45, 7) is 7.59. The van der Waals surface area contributed by atoms with Crippen LogP contribution in [0.4, 0.5) is 0 Å². The van der Waals surface area contributed by atoms with Gasteiger partial charge in [-0.25, -0.2) is 0 Å². The average molecular weight is 331 g/mol. The summed E-state index contributed by atoms with van der Waals surface area (Å²) in [5.74, 6) is 0.237. The first-order chi connectivity index (χ1) is 9.49.